The Morgan fingerprint density at radius 1 is 0.692 bits per heavy atom. The van der Waals surface area contributed by atoms with Crippen LogP contribution in [0.5, 0.6) is 0 Å². The Morgan fingerprint density at radius 3 is 1.15 bits per heavy atom. The molecule has 0 aromatic rings. The van der Waals surface area contributed by atoms with Crippen LogP contribution in [0, 0.1) is 0 Å². The van der Waals surface area contributed by atoms with Gasteiger partial charge in [0.2, 0.25) is 0 Å². The number of nitrogens with zero attached hydrogens (tertiary/aromatic N) is 1. The molecule has 0 fully saturated rings. The lowest BCUT2D eigenvalue weighted by Crippen LogP contribution is -2.08. The molecule has 0 amide bonds. The van der Waals surface area contributed by atoms with Crippen LogP contribution in [-0.2, 0) is 0 Å². The zero-order chi connectivity index (χ0) is 10.5. The fourth-order valence-corrected chi connectivity index (χ4v) is 0.854. The third-order valence-electron chi connectivity index (χ3n) is 2.09. The molecule has 0 atom stereocenters. The van der Waals surface area contributed by atoms with Crippen molar-refractivity contribution in [2.24, 2.45) is 0 Å². The molecule has 0 aliphatic rings. The van der Waals surface area contributed by atoms with Gasteiger partial charge < -0.3 is 4.90 Å². The van der Waals surface area contributed by atoms with Crippen LogP contribution in [0.15, 0.2) is 0 Å². The maximum atomic E-state index is 2.26. The van der Waals surface area contributed by atoms with Crippen molar-refractivity contribution in [1.29, 1.82) is 0 Å². The molecule has 0 aromatic heterocycles. The van der Waals surface area contributed by atoms with Gasteiger partial charge >= 0.3 is 0 Å². The topological polar surface area (TPSA) is 3.24 Å². The summed E-state index contributed by atoms with van der Waals surface area (Å²) in [5.41, 5.74) is 0. The summed E-state index contributed by atoms with van der Waals surface area (Å²) in [5.74, 6) is 0. The van der Waals surface area contributed by atoms with Gasteiger partial charge in [0, 0.05) is 0 Å². The van der Waals surface area contributed by atoms with E-state index in [1.54, 1.807) is 0 Å². The van der Waals surface area contributed by atoms with Crippen molar-refractivity contribution in [2.75, 3.05) is 20.6 Å². The molecule has 0 radical (unpaired) electrons. The molecule has 0 heterocycles. The van der Waals surface area contributed by atoms with E-state index in [4.69, 9.17) is 0 Å². The van der Waals surface area contributed by atoms with Gasteiger partial charge in [0.05, 0.1) is 0 Å². The highest BCUT2D eigenvalue weighted by Gasteiger charge is 1.83. The number of unbranched alkanes of at least 4 members (excludes halogenated alkanes) is 5. The molecule has 1 heteroatoms. The van der Waals surface area contributed by atoms with E-state index in [0.717, 1.165) is 6.54 Å². The summed E-state index contributed by atoms with van der Waals surface area (Å²) in [7, 11) is 4.11. The van der Waals surface area contributed by atoms with E-state index in [1.807, 2.05) is 0 Å². The van der Waals surface area contributed by atoms with Crippen LogP contribution in [0.1, 0.15) is 59.3 Å². The maximum absolute atomic E-state index is 2.26. The lowest BCUT2D eigenvalue weighted by Gasteiger charge is -2.00. The van der Waals surface area contributed by atoms with Gasteiger partial charge in [0.15, 0.2) is 0 Å². The van der Waals surface area contributed by atoms with E-state index in [0.29, 0.717) is 0 Å². The van der Waals surface area contributed by atoms with Crippen molar-refractivity contribution in [3.05, 3.63) is 0 Å². The first kappa shape index (κ1) is 15.4. The molecule has 82 valence electrons. The summed E-state index contributed by atoms with van der Waals surface area (Å²) in [6, 6.07) is 0. The predicted octanol–water partition coefficient (Wildman–Crippen LogP) is 3.93. The molecular weight excluding hydrogens is 158 g/mol. The highest BCUT2D eigenvalue weighted by atomic mass is 15.0. The highest BCUT2D eigenvalue weighted by Crippen LogP contribution is 2.03. The number of hydrogen-bond donors (Lipinski definition) is 0. The van der Waals surface area contributed by atoms with Gasteiger partial charge in [0.25, 0.3) is 0 Å². The second-order valence-electron chi connectivity index (χ2n) is 3.81. The third-order valence-corrected chi connectivity index (χ3v) is 2.09. The molecule has 0 saturated carbocycles. The first-order chi connectivity index (χ1) is 6.18. The average Bonchev–Trinajstić information content (AvgIpc) is 2.14. The van der Waals surface area contributed by atoms with Gasteiger partial charge in [-0.15, -0.1) is 0 Å². The average molecular weight is 187 g/mol. The molecule has 0 aromatic carbocycles. The number of hydrogen-bond acceptors (Lipinski definition) is 1. The van der Waals surface area contributed by atoms with Crippen molar-refractivity contribution in [2.45, 2.75) is 59.3 Å². The molecule has 0 bridgehead atoms. The van der Waals surface area contributed by atoms with Crippen LogP contribution in [0.2, 0.25) is 0 Å². The van der Waals surface area contributed by atoms with Gasteiger partial charge in [-0.2, -0.15) is 0 Å². The van der Waals surface area contributed by atoms with Gasteiger partial charge in [-0.05, 0) is 20.6 Å². The first-order valence-corrected chi connectivity index (χ1v) is 5.83. The zero-order valence-electron chi connectivity index (χ0n) is 10.4. The first-order valence-electron chi connectivity index (χ1n) is 5.83. The highest BCUT2D eigenvalue weighted by molar-refractivity contribution is 4.39. The molecule has 1 nitrogen and oxygen atoms in total. The minimum Gasteiger partial charge on any atom is -0.310 e. The zero-order valence-corrected chi connectivity index (χ0v) is 10.4. The summed E-state index contributed by atoms with van der Waals surface area (Å²) in [4.78, 5) is 2.12. The molecule has 0 spiro atoms. The molecule has 0 N–H and O–H groups in total. The Morgan fingerprint density at radius 2 is 1.00 bits per heavy atom. The van der Waals surface area contributed by atoms with Gasteiger partial charge in [-0.3, -0.25) is 0 Å². The Balaban J connectivity index is 0. The van der Waals surface area contributed by atoms with Crippen molar-refractivity contribution in [3.8, 4) is 0 Å². The standard InChI is InChI=1S/C8H18.C4H11N/c1-3-5-7-8-6-4-2;1-4-5(2)3/h3-8H2,1-2H3;4H2,1-3H3. The fourth-order valence-electron chi connectivity index (χ4n) is 0.854. The Hall–Kier alpha value is -0.0400. The summed E-state index contributed by atoms with van der Waals surface area (Å²) >= 11 is 0. The smallest absolute Gasteiger partial charge is 0.00533 e. The molecule has 0 aliphatic heterocycles. The molecule has 13 heavy (non-hydrogen) atoms. The van der Waals surface area contributed by atoms with Crippen LogP contribution < -0.4 is 0 Å². The summed E-state index contributed by atoms with van der Waals surface area (Å²) in [6.07, 6.45) is 8.49. The van der Waals surface area contributed by atoms with Crippen LogP contribution in [-0.4, -0.2) is 25.5 Å². The van der Waals surface area contributed by atoms with Crippen molar-refractivity contribution in [1.82, 2.24) is 4.90 Å². The monoisotopic (exact) mass is 187 g/mol. The largest absolute Gasteiger partial charge is 0.310 e. The predicted molar refractivity (Wildman–Crippen MR) is 63.3 cm³/mol. The van der Waals surface area contributed by atoms with Crippen LogP contribution in [0.3, 0.4) is 0 Å². The van der Waals surface area contributed by atoms with Gasteiger partial charge in [-0.1, -0.05) is 59.3 Å². The lowest BCUT2D eigenvalue weighted by molar-refractivity contribution is 0.434. The molecule has 0 unspecified atom stereocenters. The quantitative estimate of drug-likeness (QED) is 0.569. The normalized spacial score (nSPS) is 9.69. The Bertz CT molecular complexity index is 63.5. The van der Waals surface area contributed by atoms with E-state index in [2.05, 4.69) is 39.8 Å². The van der Waals surface area contributed by atoms with Crippen molar-refractivity contribution < 1.29 is 0 Å². The third kappa shape index (κ3) is 24.5. The second-order valence-corrected chi connectivity index (χ2v) is 3.81. The second kappa shape index (κ2) is 14.5. The molecule has 0 saturated heterocycles. The number of rotatable bonds is 6. The molecule has 0 rings (SSSR count). The van der Waals surface area contributed by atoms with E-state index in [1.165, 1.54) is 38.5 Å². The van der Waals surface area contributed by atoms with E-state index in [-0.39, 0.29) is 0 Å². The van der Waals surface area contributed by atoms with Crippen LogP contribution >= 0.6 is 0 Å². The summed E-state index contributed by atoms with van der Waals surface area (Å²) < 4.78 is 0. The Labute approximate surface area is 85.5 Å². The molecule has 0 aliphatic carbocycles. The lowest BCUT2D eigenvalue weighted by atomic mass is 10.1. The molecular formula is C12H29N. The van der Waals surface area contributed by atoms with Crippen LogP contribution in [0.4, 0.5) is 0 Å². The van der Waals surface area contributed by atoms with Gasteiger partial charge in [0.1, 0.15) is 0 Å². The van der Waals surface area contributed by atoms with Crippen molar-refractivity contribution in [3.63, 3.8) is 0 Å². The maximum Gasteiger partial charge on any atom is -0.00533 e. The minimum absolute atomic E-state index is 1.14. The van der Waals surface area contributed by atoms with Crippen LogP contribution in [0.25, 0.3) is 0 Å². The van der Waals surface area contributed by atoms with E-state index >= 15 is 0 Å². The minimum atomic E-state index is 1.14. The summed E-state index contributed by atoms with van der Waals surface area (Å²) in [6.45, 7) is 7.78. The van der Waals surface area contributed by atoms with Crippen molar-refractivity contribution >= 4 is 0 Å². The Kier molecular flexibility index (Phi) is 17.2. The SMILES string of the molecule is CCCCCCCC.CCN(C)C. The summed E-state index contributed by atoms with van der Waals surface area (Å²) in [5, 5.41) is 0. The fraction of sp³-hybridized carbons (Fsp3) is 1.00. The van der Waals surface area contributed by atoms with E-state index < -0.39 is 0 Å². The van der Waals surface area contributed by atoms with E-state index in [9.17, 15) is 0 Å². The van der Waals surface area contributed by atoms with Gasteiger partial charge in [-0.25, -0.2) is 0 Å².